The van der Waals surface area contributed by atoms with Gasteiger partial charge in [-0.25, -0.2) is 0 Å². The maximum atomic E-state index is 6.09. The summed E-state index contributed by atoms with van der Waals surface area (Å²) >= 11 is 0. The van der Waals surface area contributed by atoms with E-state index in [-0.39, 0.29) is 0 Å². The lowest BCUT2D eigenvalue weighted by atomic mass is 10.1. The third-order valence-electron chi connectivity index (χ3n) is 4.59. The molecule has 0 amide bonds. The predicted molar refractivity (Wildman–Crippen MR) is 77.7 cm³/mol. The SMILES string of the molecule is Nc1cccc2c1CN(C1Cc3ccccc3C1)C2. The van der Waals surface area contributed by atoms with Gasteiger partial charge in [0.2, 0.25) is 0 Å². The first kappa shape index (κ1) is 11.1. The molecule has 2 aromatic carbocycles. The standard InChI is InChI=1S/C17H18N2/c18-17-7-3-6-14-10-19(11-16(14)17)15-8-12-4-1-2-5-13(12)9-15/h1-7,15H,8-11,18H2. The van der Waals surface area contributed by atoms with Crippen LogP contribution < -0.4 is 5.73 Å². The number of benzene rings is 2. The number of anilines is 1. The van der Waals surface area contributed by atoms with E-state index in [0.29, 0.717) is 6.04 Å². The Labute approximate surface area is 113 Å². The first-order valence-corrected chi connectivity index (χ1v) is 6.98. The van der Waals surface area contributed by atoms with Crippen molar-refractivity contribution >= 4 is 5.69 Å². The molecule has 2 N–H and O–H groups in total. The van der Waals surface area contributed by atoms with Gasteiger partial charge in [-0.15, -0.1) is 0 Å². The maximum Gasteiger partial charge on any atom is 0.0363 e. The summed E-state index contributed by atoms with van der Waals surface area (Å²) in [5.74, 6) is 0. The summed E-state index contributed by atoms with van der Waals surface area (Å²) in [6.07, 6.45) is 2.37. The van der Waals surface area contributed by atoms with Crippen LogP contribution in [0.1, 0.15) is 22.3 Å². The van der Waals surface area contributed by atoms with Gasteiger partial charge in [0.25, 0.3) is 0 Å². The highest BCUT2D eigenvalue weighted by atomic mass is 15.2. The highest BCUT2D eigenvalue weighted by molar-refractivity contribution is 5.52. The van der Waals surface area contributed by atoms with Crippen molar-refractivity contribution < 1.29 is 0 Å². The van der Waals surface area contributed by atoms with Gasteiger partial charge in [0.15, 0.2) is 0 Å². The topological polar surface area (TPSA) is 29.3 Å². The van der Waals surface area contributed by atoms with Crippen LogP contribution in [0.3, 0.4) is 0 Å². The van der Waals surface area contributed by atoms with E-state index in [2.05, 4.69) is 41.3 Å². The summed E-state index contributed by atoms with van der Waals surface area (Å²) in [5, 5.41) is 0. The zero-order valence-electron chi connectivity index (χ0n) is 11.0. The fourth-order valence-electron chi connectivity index (χ4n) is 3.53. The molecule has 1 aliphatic heterocycles. The van der Waals surface area contributed by atoms with Crippen LogP contribution in [0.25, 0.3) is 0 Å². The summed E-state index contributed by atoms with van der Waals surface area (Å²) in [6.45, 7) is 2.07. The lowest BCUT2D eigenvalue weighted by Crippen LogP contribution is -2.31. The molecule has 0 atom stereocenters. The van der Waals surface area contributed by atoms with Gasteiger partial charge in [-0.2, -0.15) is 0 Å². The second-order valence-corrected chi connectivity index (χ2v) is 5.72. The van der Waals surface area contributed by atoms with E-state index in [1.54, 1.807) is 0 Å². The Morgan fingerprint density at radius 1 is 0.842 bits per heavy atom. The summed E-state index contributed by atoms with van der Waals surface area (Å²) in [7, 11) is 0. The quantitative estimate of drug-likeness (QED) is 0.789. The van der Waals surface area contributed by atoms with Crippen LogP contribution in [0.4, 0.5) is 5.69 Å². The molecule has 0 bridgehead atoms. The summed E-state index contributed by atoms with van der Waals surface area (Å²) < 4.78 is 0. The highest BCUT2D eigenvalue weighted by Gasteiger charge is 2.31. The molecule has 0 radical (unpaired) electrons. The molecule has 19 heavy (non-hydrogen) atoms. The minimum absolute atomic E-state index is 0.643. The van der Waals surface area contributed by atoms with E-state index in [0.717, 1.165) is 18.8 Å². The molecule has 0 spiro atoms. The van der Waals surface area contributed by atoms with Gasteiger partial charge in [-0.05, 0) is 41.2 Å². The molecular formula is C17H18N2. The molecule has 0 saturated carbocycles. The first-order chi connectivity index (χ1) is 9.31. The molecule has 1 heterocycles. The van der Waals surface area contributed by atoms with Crippen molar-refractivity contribution in [1.29, 1.82) is 0 Å². The van der Waals surface area contributed by atoms with Gasteiger partial charge in [0, 0.05) is 24.8 Å². The highest BCUT2D eigenvalue weighted by Crippen LogP contribution is 2.33. The number of fused-ring (bicyclic) bond motifs is 2. The molecule has 0 aromatic heterocycles. The molecule has 4 rings (SSSR count). The van der Waals surface area contributed by atoms with E-state index in [1.807, 2.05) is 6.07 Å². The second-order valence-electron chi connectivity index (χ2n) is 5.72. The van der Waals surface area contributed by atoms with Gasteiger partial charge in [0.1, 0.15) is 0 Å². The number of nitrogen functional groups attached to an aromatic ring is 1. The summed E-state index contributed by atoms with van der Waals surface area (Å²) in [5.41, 5.74) is 12.9. The molecule has 2 nitrogen and oxygen atoms in total. The summed E-state index contributed by atoms with van der Waals surface area (Å²) in [4.78, 5) is 2.58. The van der Waals surface area contributed by atoms with E-state index >= 15 is 0 Å². The van der Waals surface area contributed by atoms with Crippen LogP contribution in [0.5, 0.6) is 0 Å². The fraction of sp³-hybridized carbons (Fsp3) is 0.294. The van der Waals surface area contributed by atoms with Gasteiger partial charge >= 0.3 is 0 Å². The molecule has 0 fully saturated rings. The minimum Gasteiger partial charge on any atom is -0.398 e. The maximum absolute atomic E-state index is 6.09. The van der Waals surface area contributed by atoms with Crippen LogP contribution in [0, 0.1) is 0 Å². The third-order valence-corrected chi connectivity index (χ3v) is 4.59. The van der Waals surface area contributed by atoms with Gasteiger partial charge in [-0.1, -0.05) is 36.4 Å². The Kier molecular flexibility index (Phi) is 2.39. The molecule has 2 heteroatoms. The molecule has 0 saturated heterocycles. The Morgan fingerprint density at radius 2 is 1.53 bits per heavy atom. The van der Waals surface area contributed by atoms with Crippen molar-refractivity contribution in [2.24, 2.45) is 0 Å². The lowest BCUT2D eigenvalue weighted by molar-refractivity contribution is 0.205. The van der Waals surface area contributed by atoms with Crippen molar-refractivity contribution in [1.82, 2.24) is 4.90 Å². The van der Waals surface area contributed by atoms with Crippen molar-refractivity contribution in [3.05, 3.63) is 64.7 Å². The molecule has 1 aliphatic carbocycles. The van der Waals surface area contributed by atoms with Crippen molar-refractivity contribution in [2.45, 2.75) is 32.0 Å². The average Bonchev–Trinajstić information content (AvgIpc) is 3.02. The van der Waals surface area contributed by atoms with Crippen LogP contribution in [0.15, 0.2) is 42.5 Å². The molecule has 96 valence electrons. The van der Waals surface area contributed by atoms with E-state index in [1.165, 1.54) is 35.1 Å². The van der Waals surface area contributed by atoms with Crippen molar-refractivity contribution in [2.75, 3.05) is 5.73 Å². The van der Waals surface area contributed by atoms with Crippen molar-refractivity contribution in [3.63, 3.8) is 0 Å². The van der Waals surface area contributed by atoms with Crippen LogP contribution >= 0.6 is 0 Å². The second kappa shape index (κ2) is 4.10. The smallest absolute Gasteiger partial charge is 0.0363 e. The largest absolute Gasteiger partial charge is 0.398 e. The van der Waals surface area contributed by atoms with E-state index in [9.17, 15) is 0 Å². The Bertz CT molecular complexity index is 608. The minimum atomic E-state index is 0.643. The molecular weight excluding hydrogens is 232 g/mol. The Balaban J connectivity index is 1.57. The number of nitrogens with zero attached hydrogens (tertiary/aromatic N) is 1. The molecule has 2 aromatic rings. The average molecular weight is 250 g/mol. The summed E-state index contributed by atoms with van der Waals surface area (Å²) in [6, 6.07) is 15.8. The van der Waals surface area contributed by atoms with Gasteiger partial charge < -0.3 is 5.73 Å². The zero-order chi connectivity index (χ0) is 12.8. The van der Waals surface area contributed by atoms with E-state index in [4.69, 9.17) is 5.73 Å². The Hall–Kier alpha value is -1.80. The monoisotopic (exact) mass is 250 g/mol. The van der Waals surface area contributed by atoms with Crippen LogP contribution in [-0.4, -0.2) is 10.9 Å². The predicted octanol–water partition coefficient (Wildman–Crippen LogP) is 2.75. The Morgan fingerprint density at radius 3 is 2.21 bits per heavy atom. The van der Waals surface area contributed by atoms with Crippen molar-refractivity contribution in [3.8, 4) is 0 Å². The first-order valence-electron chi connectivity index (χ1n) is 6.98. The van der Waals surface area contributed by atoms with Gasteiger partial charge in [0.05, 0.1) is 0 Å². The third kappa shape index (κ3) is 1.75. The number of hydrogen-bond acceptors (Lipinski definition) is 2. The lowest BCUT2D eigenvalue weighted by Gasteiger charge is -2.22. The number of nitrogens with two attached hydrogens (primary N) is 1. The number of hydrogen-bond donors (Lipinski definition) is 1. The molecule has 0 unspecified atom stereocenters. The zero-order valence-corrected chi connectivity index (χ0v) is 11.0. The fourth-order valence-corrected chi connectivity index (χ4v) is 3.53. The van der Waals surface area contributed by atoms with Gasteiger partial charge in [-0.3, -0.25) is 4.90 Å². The molecule has 2 aliphatic rings. The number of rotatable bonds is 1. The van der Waals surface area contributed by atoms with E-state index < -0.39 is 0 Å². The van der Waals surface area contributed by atoms with Crippen LogP contribution in [0.2, 0.25) is 0 Å². The normalized spacial score (nSPS) is 18.5. The van der Waals surface area contributed by atoms with Crippen LogP contribution in [-0.2, 0) is 25.9 Å².